The highest BCUT2D eigenvalue weighted by Gasteiger charge is 2.20. The molecule has 2 aromatic heterocycles. The lowest BCUT2D eigenvalue weighted by Crippen LogP contribution is -2.24. The summed E-state index contributed by atoms with van der Waals surface area (Å²) in [6.07, 6.45) is 2.89. The van der Waals surface area contributed by atoms with Crippen molar-refractivity contribution in [2.24, 2.45) is 7.05 Å². The minimum absolute atomic E-state index is 0.176. The van der Waals surface area contributed by atoms with Gasteiger partial charge in [0, 0.05) is 13.5 Å². The van der Waals surface area contributed by atoms with Gasteiger partial charge < -0.3 is 9.73 Å². The molecule has 0 aromatic carbocycles. The van der Waals surface area contributed by atoms with Gasteiger partial charge in [0.05, 0.1) is 21.9 Å². The Morgan fingerprint density at radius 2 is 2.14 bits per heavy atom. The number of rotatable bonds is 7. The fraction of sp³-hybridized carbons (Fsp3) is 0.562. The van der Waals surface area contributed by atoms with Crippen LogP contribution in [-0.4, -0.2) is 16.3 Å². The van der Waals surface area contributed by atoms with Gasteiger partial charge in [-0.15, -0.1) is 0 Å². The molecule has 0 radical (unpaired) electrons. The second-order valence-corrected chi connectivity index (χ2v) is 6.14. The zero-order valence-electron chi connectivity index (χ0n) is 13.2. The van der Waals surface area contributed by atoms with E-state index in [4.69, 9.17) is 4.42 Å². The summed E-state index contributed by atoms with van der Waals surface area (Å²) in [4.78, 5) is 0. The van der Waals surface area contributed by atoms with E-state index in [2.05, 4.69) is 46.3 Å². The van der Waals surface area contributed by atoms with Crippen LogP contribution < -0.4 is 5.32 Å². The second kappa shape index (κ2) is 7.27. The van der Waals surface area contributed by atoms with Gasteiger partial charge in [0.25, 0.3) is 0 Å². The van der Waals surface area contributed by atoms with Crippen LogP contribution in [0.5, 0.6) is 0 Å². The minimum Gasteiger partial charge on any atom is -0.465 e. The summed E-state index contributed by atoms with van der Waals surface area (Å²) in [5, 5.41) is 8.15. The first-order chi connectivity index (χ1) is 10.1. The number of hydrogen-bond acceptors (Lipinski definition) is 3. The fourth-order valence-corrected chi connectivity index (χ4v) is 3.25. The average molecular weight is 354 g/mol. The molecule has 0 saturated carbocycles. The van der Waals surface area contributed by atoms with Crippen LogP contribution in [0.3, 0.4) is 0 Å². The van der Waals surface area contributed by atoms with Gasteiger partial charge >= 0.3 is 0 Å². The second-order valence-electron chi connectivity index (χ2n) is 5.34. The summed E-state index contributed by atoms with van der Waals surface area (Å²) >= 11 is 3.69. The van der Waals surface area contributed by atoms with E-state index in [-0.39, 0.29) is 6.04 Å². The van der Waals surface area contributed by atoms with Crippen molar-refractivity contribution in [1.29, 1.82) is 0 Å². The summed E-state index contributed by atoms with van der Waals surface area (Å²) in [5.74, 6) is 1.94. The monoisotopic (exact) mass is 353 g/mol. The van der Waals surface area contributed by atoms with Crippen LogP contribution in [0, 0.1) is 6.92 Å². The number of nitrogens with one attached hydrogen (secondary N) is 1. The predicted molar refractivity (Wildman–Crippen MR) is 88.5 cm³/mol. The molecule has 1 unspecified atom stereocenters. The van der Waals surface area contributed by atoms with Crippen LogP contribution >= 0.6 is 15.9 Å². The molecule has 2 rings (SSSR count). The Hall–Kier alpha value is -1.07. The van der Waals surface area contributed by atoms with Crippen LogP contribution in [0.15, 0.2) is 21.0 Å². The molecule has 4 nitrogen and oxygen atoms in total. The molecular formula is C16H24BrN3O. The summed E-state index contributed by atoms with van der Waals surface area (Å²) in [6.45, 7) is 7.25. The third kappa shape index (κ3) is 3.77. The molecule has 21 heavy (non-hydrogen) atoms. The van der Waals surface area contributed by atoms with Gasteiger partial charge in [-0.2, -0.15) is 5.10 Å². The highest BCUT2D eigenvalue weighted by Crippen LogP contribution is 2.27. The Labute approximate surface area is 135 Å². The van der Waals surface area contributed by atoms with Crippen molar-refractivity contribution in [2.75, 3.05) is 6.54 Å². The maximum Gasteiger partial charge on any atom is 0.121 e. The van der Waals surface area contributed by atoms with Gasteiger partial charge in [-0.05, 0) is 54.4 Å². The maximum atomic E-state index is 5.82. The standard InChI is InChI=1S/C16H24BrN3O/c1-5-9-18-13(15-8-7-11(3)21-15)10-14-16(17)12(6-2)19-20(14)4/h7-8,13,18H,5-6,9-10H2,1-4H3. The molecule has 2 heterocycles. The van der Waals surface area contributed by atoms with E-state index in [1.807, 2.05) is 24.7 Å². The molecule has 0 bridgehead atoms. The number of aromatic nitrogens is 2. The predicted octanol–water partition coefficient (Wildman–Crippen LogP) is 3.93. The Bertz CT molecular complexity index is 588. The average Bonchev–Trinajstić information content (AvgIpc) is 3.00. The van der Waals surface area contributed by atoms with Gasteiger partial charge in [-0.25, -0.2) is 0 Å². The Morgan fingerprint density at radius 1 is 1.38 bits per heavy atom. The number of hydrogen-bond donors (Lipinski definition) is 1. The lowest BCUT2D eigenvalue weighted by molar-refractivity contribution is 0.393. The third-order valence-electron chi connectivity index (χ3n) is 3.65. The Morgan fingerprint density at radius 3 is 2.67 bits per heavy atom. The Kier molecular flexibility index (Phi) is 5.65. The third-order valence-corrected chi connectivity index (χ3v) is 4.56. The molecule has 0 spiro atoms. The maximum absolute atomic E-state index is 5.82. The molecule has 116 valence electrons. The first-order valence-corrected chi connectivity index (χ1v) is 8.36. The van der Waals surface area contributed by atoms with Crippen molar-refractivity contribution in [2.45, 2.75) is 46.1 Å². The molecule has 0 aliphatic carbocycles. The quantitative estimate of drug-likeness (QED) is 0.819. The lowest BCUT2D eigenvalue weighted by atomic mass is 10.1. The summed E-state index contributed by atoms with van der Waals surface area (Å²) < 4.78 is 8.92. The molecule has 2 aromatic rings. The molecule has 0 fully saturated rings. The SMILES string of the molecule is CCCNC(Cc1c(Br)c(CC)nn1C)c1ccc(C)o1. The van der Waals surface area contributed by atoms with Crippen molar-refractivity contribution < 1.29 is 4.42 Å². The highest BCUT2D eigenvalue weighted by atomic mass is 79.9. The van der Waals surface area contributed by atoms with Crippen molar-refractivity contribution in [3.05, 3.63) is 39.5 Å². The topological polar surface area (TPSA) is 43.0 Å². The fourth-order valence-electron chi connectivity index (χ4n) is 2.47. The number of nitrogens with zero attached hydrogens (tertiary/aromatic N) is 2. The molecule has 0 aliphatic rings. The van der Waals surface area contributed by atoms with Crippen LogP contribution in [0.4, 0.5) is 0 Å². The van der Waals surface area contributed by atoms with Crippen LogP contribution in [0.2, 0.25) is 0 Å². The molecule has 1 atom stereocenters. The number of aryl methyl sites for hydroxylation is 3. The van der Waals surface area contributed by atoms with Gasteiger partial charge in [-0.1, -0.05) is 13.8 Å². The van der Waals surface area contributed by atoms with E-state index in [1.54, 1.807) is 0 Å². The molecular weight excluding hydrogens is 330 g/mol. The largest absolute Gasteiger partial charge is 0.465 e. The molecule has 0 aliphatic heterocycles. The van der Waals surface area contributed by atoms with E-state index in [0.29, 0.717) is 0 Å². The van der Waals surface area contributed by atoms with Crippen molar-refractivity contribution >= 4 is 15.9 Å². The van der Waals surface area contributed by atoms with Crippen LogP contribution in [0.1, 0.15) is 49.2 Å². The van der Waals surface area contributed by atoms with Crippen LogP contribution in [0.25, 0.3) is 0 Å². The summed E-state index contributed by atoms with van der Waals surface area (Å²) in [5.41, 5.74) is 2.31. The zero-order valence-corrected chi connectivity index (χ0v) is 14.8. The minimum atomic E-state index is 0.176. The highest BCUT2D eigenvalue weighted by molar-refractivity contribution is 9.10. The van der Waals surface area contributed by atoms with Crippen molar-refractivity contribution in [3.8, 4) is 0 Å². The van der Waals surface area contributed by atoms with Gasteiger partial charge in [-0.3, -0.25) is 4.68 Å². The van der Waals surface area contributed by atoms with Gasteiger partial charge in [0.15, 0.2) is 0 Å². The summed E-state index contributed by atoms with van der Waals surface area (Å²) in [6, 6.07) is 4.26. The van der Waals surface area contributed by atoms with E-state index in [0.717, 1.165) is 47.5 Å². The zero-order chi connectivity index (χ0) is 15.4. The first-order valence-electron chi connectivity index (χ1n) is 7.56. The van der Waals surface area contributed by atoms with E-state index in [9.17, 15) is 0 Å². The molecule has 5 heteroatoms. The normalized spacial score (nSPS) is 12.8. The van der Waals surface area contributed by atoms with Crippen molar-refractivity contribution in [1.82, 2.24) is 15.1 Å². The van der Waals surface area contributed by atoms with E-state index < -0.39 is 0 Å². The molecule has 1 N–H and O–H groups in total. The Balaban J connectivity index is 2.24. The lowest BCUT2D eigenvalue weighted by Gasteiger charge is -2.17. The number of furan rings is 1. The van der Waals surface area contributed by atoms with E-state index >= 15 is 0 Å². The molecule has 0 amide bonds. The molecule has 0 saturated heterocycles. The smallest absolute Gasteiger partial charge is 0.121 e. The van der Waals surface area contributed by atoms with Gasteiger partial charge in [0.1, 0.15) is 11.5 Å². The summed E-state index contributed by atoms with van der Waals surface area (Å²) in [7, 11) is 2.00. The van der Waals surface area contributed by atoms with Gasteiger partial charge in [0.2, 0.25) is 0 Å². The number of halogens is 1. The van der Waals surface area contributed by atoms with E-state index in [1.165, 1.54) is 5.69 Å². The first kappa shape index (κ1) is 16.3. The van der Waals surface area contributed by atoms with Crippen molar-refractivity contribution in [3.63, 3.8) is 0 Å². The van der Waals surface area contributed by atoms with Crippen LogP contribution in [-0.2, 0) is 19.9 Å².